The summed E-state index contributed by atoms with van der Waals surface area (Å²) in [6.07, 6.45) is 0. The van der Waals surface area contributed by atoms with E-state index in [0.717, 1.165) is 11.1 Å². The number of halogens is 1. The number of aryl methyl sites for hydroxylation is 1. The van der Waals surface area contributed by atoms with Gasteiger partial charge in [-0.25, -0.2) is 5.43 Å². The van der Waals surface area contributed by atoms with Gasteiger partial charge in [0.15, 0.2) is 0 Å². The largest absolute Gasteiger partial charge is 0.489 e. The molecule has 9 nitrogen and oxygen atoms in total. The van der Waals surface area contributed by atoms with Gasteiger partial charge in [0, 0.05) is 10.6 Å². The summed E-state index contributed by atoms with van der Waals surface area (Å²) in [5, 5.41) is 19.9. The second-order valence-electron chi connectivity index (χ2n) is 7.07. The number of ether oxygens (including phenoxy) is 1. The summed E-state index contributed by atoms with van der Waals surface area (Å²) in [7, 11) is 0. The van der Waals surface area contributed by atoms with Crippen LogP contribution in [-0.4, -0.2) is 26.3 Å². The van der Waals surface area contributed by atoms with Crippen LogP contribution in [0.15, 0.2) is 53.6 Å². The van der Waals surface area contributed by atoms with Gasteiger partial charge in [0.25, 0.3) is 5.91 Å². The first-order valence-electron chi connectivity index (χ1n) is 9.74. The van der Waals surface area contributed by atoms with Crippen molar-refractivity contribution in [3.8, 4) is 5.75 Å². The van der Waals surface area contributed by atoms with Crippen LogP contribution in [0.3, 0.4) is 0 Å². The van der Waals surface area contributed by atoms with Crippen molar-refractivity contribution in [1.29, 1.82) is 0 Å². The molecule has 32 heavy (non-hydrogen) atoms. The Morgan fingerprint density at radius 3 is 2.53 bits per heavy atom. The van der Waals surface area contributed by atoms with E-state index in [0.29, 0.717) is 28.8 Å². The summed E-state index contributed by atoms with van der Waals surface area (Å²) >= 11 is 6.13. The molecule has 1 amide bonds. The summed E-state index contributed by atoms with van der Waals surface area (Å²) in [6, 6.07) is 14.8. The van der Waals surface area contributed by atoms with Crippen molar-refractivity contribution < 1.29 is 14.5 Å². The topological polar surface area (TPSA) is 112 Å². The summed E-state index contributed by atoms with van der Waals surface area (Å²) in [5.74, 6) is 0.237. The van der Waals surface area contributed by atoms with E-state index in [-0.39, 0.29) is 17.9 Å². The minimum absolute atomic E-state index is 0.0886. The molecule has 0 saturated heterocycles. The van der Waals surface area contributed by atoms with Crippen LogP contribution >= 0.6 is 11.6 Å². The molecular weight excluding hydrogens is 434 g/mol. The van der Waals surface area contributed by atoms with Crippen LogP contribution in [0.5, 0.6) is 5.75 Å². The zero-order chi connectivity index (χ0) is 23.3. The van der Waals surface area contributed by atoms with Gasteiger partial charge in [0.05, 0.1) is 10.6 Å². The van der Waals surface area contributed by atoms with Crippen molar-refractivity contribution in [3.05, 3.63) is 86.2 Å². The fraction of sp³-hybridized carbons (Fsp3) is 0.227. The second-order valence-corrected chi connectivity index (χ2v) is 7.48. The maximum absolute atomic E-state index is 12.2. The number of hydrogen-bond donors (Lipinski definition) is 1. The molecule has 0 aliphatic heterocycles. The van der Waals surface area contributed by atoms with E-state index in [2.05, 4.69) is 15.6 Å². The molecule has 0 aliphatic rings. The van der Waals surface area contributed by atoms with E-state index < -0.39 is 10.8 Å². The molecule has 3 aromatic rings. The van der Waals surface area contributed by atoms with Crippen LogP contribution in [0.2, 0.25) is 5.02 Å². The Morgan fingerprint density at radius 1 is 1.22 bits per heavy atom. The van der Waals surface area contributed by atoms with Gasteiger partial charge in [-0.2, -0.15) is 10.2 Å². The Labute approximate surface area is 189 Å². The second kappa shape index (κ2) is 10.1. The lowest BCUT2D eigenvalue weighted by molar-refractivity contribution is -0.386. The molecule has 0 fully saturated rings. The first-order valence-corrected chi connectivity index (χ1v) is 10.1. The van der Waals surface area contributed by atoms with Gasteiger partial charge in [-0.05, 0) is 56.7 Å². The van der Waals surface area contributed by atoms with E-state index in [9.17, 15) is 14.9 Å². The van der Waals surface area contributed by atoms with Gasteiger partial charge in [-0.3, -0.25) is 19.6 Å². The quantitative estimate of drug-likeness (QED) is 0.311. The highest BCUT2D eigenvalue weighted by atomic mass is 35.5. The number of rotatable bonds is 8. The summed E-state index contributed by atoms with van der Waals surface area (Å²) in [4.78, 5) is 22.8. The van der Waals surface area contributed by atoms with Crippen LogP contribution in [0.4, 0.5) is 5.69 Å². The fourth-order valence-corrected chi connectivity index (χ4v) is 3.25. The smallest absolute Gasteiger partial charge is 0.312 e. The first-order chi connectivity index (χ1) is 15.3. The van der Waals surface area contributed by atoms with Crippen molar-refractivity contribution in [3.63, 3.8) is 0 Å². The summed E-state index contributed by atoms with van der Waals surface area (Å²) in [6.45, 7) is 5.02. The Bertz CT molecular complexity index is 1170. The maximum Gasteiger partial charge on any atom is 0.312 e. The fourth-order valence-electron chi connectivity index (χ4n) is 3.06. The molecule has 0 atom stereocenters. The average molecular weight is 456 g/mol. The Kier molecular flexibility index (Phi) is 7.21. The van der Waals surface area contributed by atoms with Gasteiger partial charge < -0.3 is 4.74 Å². The zero-order valence-electron chi connectivity index (χ0n) is 17.8. The van der Waals surface area contributed by atoms with Gasteiger partial charge in [-0.1, -0.05) is 29.8 Å². The molecule has 3 rings (SSSR count). The van der Waals surface area contributed by atoms with Crippen LogP contribution in [0.1, 0.15) is 29.4 Å². The lowest BCUT2D eigenvalue weighted by Gasteiger charge is -2.09. The number of hydrogen-bond acceptors (Lipinski definition) is 6. The molecule has 1 heterocycles. The van der Waals surface area contributed by atoms with E-state index in [4.69, 9.17) is 16.3 Å². The molecule has 0 saturated carbocycles. The highest BCUT2D eigenvalue weighted by Crippen LogP contribution is 2.22. The molecule has 1 aromatic heterocycles. The SMILES string of the molecule is C/C(=N\NC(=O)Cn1nc(C)c([N+](=O)[O-])c1C)c1ccc(OCc2ccccc2Cl)cc1. The number of nitrogens with one attached hydrogen (secondary N) is 1. The third-order valence-electron chi connectivity index (χ3n) is 4.79. The van der Waals surface area contributed by atoms with Crippen LogP contribution in [0.25, 0.3) is 0 Å². The van der Waals surface area contributed by atoms with Gasteiger partial charge in [-0.15, -0.1) is 0 Å². The van der Waals surface area contributed by atoms with E-state index in [1.54, 1.807) is 13.8 Å². The van der Waals surface area contributed by atoms with Crippen molar-refractivity contribution in [2.45, 2.75) is 33.9 Å². The number of nitrogens with zero attached hydrogens (tertiary/aromatic N) is 4. The zero-order valence-corrected chi connectivity index (χ0v) is 18.6. The molecule has 166 valence electrons. The lowest BCUT2D eigenvalue weighted by Crippen LogP contribution is -2.25. The molecule has 0 bridgehead atoms. The molecule has 0 unspecified atom stereocenters. The minimum Gasteiger partial charge on any atom is -0.489 e. The van der Waals surface area contributed by atoms with Crippen molar-refractivity contribution in [2.75, 3.05) is 0 Å². The molecular formula is C22H22ClN5O4. The molecule has 1 N–H and O–H groups in total. The number of nitro groups is 1. The maximum atomic E-state index is 12.2. The molecule has 0 radical (unpaired) electrons. The van der Waals surface area contributed by atoms with Crippen LogP contribution in [0, 0.1) is 24.0 Å². The molecule has 0 spiro atoms. The normalized spacial score (nSPS) is 11.3. The predicted octanol–water partition coefficient (Wildman–Crippen LogP) is 4.18. The molecule has 2 aromatic carbocycles. The van der Waals surface area contributed by atoms with E-state index >= 15 is 0 Å². The van der Waals surface area contributed by atoms with E-state index in [1.165, 1.54) is 11.6 Å². The first kappa shape index (κ1) is 23.0. The number of carbonyl (C=O) groups is 1. The number of benzene rings is 2. The Balaban J connectivity index is 1.57. The number of amides is 1. The monoisotopic (exact) mass is 455 g/mol. The molecule has 0 aliphatic carbocycles. The summed E-state index contributed by atoms with van der Waals surface area (Å²) < 4.78 is 7.05. The average Bonchev–Trinajstić information content (AvgIpc) is 3.04. The molecule has 10 heteroatoms. The van der Waals surface area contributed by atoms with Gasteiger partial charge >= 0.3 is 5.69 Å². The van der Waals surface area contributed by atoms with Crippen molar-refractivity contribution >= 4 is 28.9 Å². The van der Waals surface area contributed by atoms with Gasteiger partial charge in [0.2, 0.25) is 0 Å². The minimum atomic E-state index is -0.504. The number of carbonyl (C=O) groups excluding carboxylic acids is 1. The standard InChI is InChI=1S/C22H22ClN5O4/c1-14(24-25-21(29)12-27-16(3)22(28(30)31)15(2)26-27)17-8-10-19(11-9-17)32-13-18-6-4-5-7-20(18)23/h4-11H,12-13H2,1-3H3,(H,25,29)/b24-14+. The Hall–Kier alpha value is -3.72. The predicted molar refractivity (Wildman–Crippen MR) is 121 cm³/mol. The summed E-state index contributed by atoms with van der Waals surface area (Å²) in [5.41, 5.74) is 5.23. The van der Waals surface area contributed by atoms with Crippen LogP contribution in [-0.2, 0) is 17.9 Å². The van der Waals surface area contributed by atoms with E-state index in [1.807, 2.05) is 48.5 Å². The van der Waals surface area contributed by atoms with Crippen molar-refractivity contribution in [1.82, 2.24) is 15.2 Å². The van der Waals surface area contributed by atoms with Gasteiger partial charge in [0.1, 0.15) is 30.3 Å². The van der Waals surface area contributed by atoms with Crippen molar-refractivity contribution in [2.24, 2.45) is 5.10 Å². The lowest BCUT2D eigenvalue weighted by atomic mass is 10.1. The van der Waals surface area contributed by atoms with Crippen LogP contribution < -0.4 is 10.2 Å². The number of aromatic nitrogens is 2. The highest BCUT2D eigenvalue weighted by Gasteiger charge is 2.22. The number of hydrazone groups is 1. The highest BCUT2D eigenvalue weighted by molar-refractivity contribution is 6.31. The Morgan fingerprint density at radius 2 is 1.91 bits per heavy atom. The third-order valence-corrected chi connectivity index (χ3v) is 5.16. The third kappa shape index (κ3) is 5.50.